The van der Waals surface area contributed by atoms with E-state index >= 15 is 0 Å². The molecule has 1 heterocycles. The molecule has 1 aliphatic heterocycles. The van der Waals surface area contributed by atoms with Crippen LogP contribution in [0.5, 0.6) is 0 Å². The first kappa shape index (κ1) is 9.47. The Labute approximate surface area is 81.5 Å². The molecule has 2 nitrogen and oxygen atoms in total. The van der Waals surface area contributed by atoms with Gasteiger partial charge in [0.05, 0.1) is 0 Å². The summed E-state index contributed by atoms with van der Waals surface area (Å²) in [6, 6.07) is 1.39. The lowest BCUT2D eigenvalue weighted by molar-refractivity contribution is 0.383. The molecule has 0 radical (unpaired) electrons. The van der Waals surface area contributed by atoms with Crippen molar-refractivity contribution in [1.82, 2.24) is 10.6 Å². The zero-order chi connectivity index (χ0) is 9.26. The zero-order valence-corrected chi connectivity index (χ0v) is 8.84. The lowest BCUT2D eigenvalue weighted by Crippen LogP contribution is -2.40. The number of nitrogens with one attached hydrogen (secondary N) is 2. The first-order valence-electron chi connectivity index (χ1n) is 5.74. The molecule has 1 aliphatic carbocycles. The SMILES string of the molecule is CC(C)NCC1NCC2CCCC21. The second-order valence-corrected chi connectivity index (χ2v) is 4.93. The van der Waals surface area contributed by atoms with Crippen molar-refractivity contribution in [2.24, 2.45) is 11.8 Å². The van der Waals surface area contributed by atoms with Gasteiger partial charge in [-0.25, -0.2) is 0 Å². The number of hydrogen-bond acceptors (Lipinski definition) is 2. The van der Waals surface area contributed by atoms with Gasteiger partial charge in [0.2, 0.25) is 0 Å². The van der Waals surface area contributed by atoms with Crippen LogP contribution in [-0.4, -0.2) is 25.2 Å². The molecule has 13 heavy (non-hydrogen) atoms. The molecule has 1 saturated carbocycles. The average molecular weight is 182 g/mol. The third-order valence-corrected chi connectivity index (χ3v) is 3.62. The standard InChI is InChI=1S/C11H22N2/c1-8(2)12-7-11-10-5-3-4-9(10)6-13-11/h8-13H,3-7H2,1-2H3. The summed E-state index contributed by atoms with van der Waals surface area (Å²) in [5.41, 5.74) is 0. The van der Waals surface area contributed by atoms with Crippen molar-refractivity contribution in [3.05, 3.63) is 0 Å². The molecule has 2 aliphatic rings. The fourth-order valence-electron chi connectivity index (χ4n) is 2.89. The molecule has 0 aromatic rings. The van der Waals surface area contributed by atoms with E-state index in [2.05, 4.69) is 24.5 Å². The molecule has 1 saturated heterocycles. The summed E-state index contributed by atoms with van der Waals surface area (Å²) in [5, 5.41) is 7.19. The predicted molar refractivity (Wildman–Crippen MR) is 55.8 cm³/mol. The molecule has 0 spiro atoms. The van der Waals surface area contributed by atoms with Gasteiger partial charge in [0.1, 0.15) is 0 Å². The third kappa shape index (κ3) is 2.05. The maximum Gasteiger partial charge on any atom is 0.0224 e. The van der Waals surface area contributed by atoms with E-state index in [-0.39, 0.29) is 0 Å². The van der Waals surface area contributed by atoms with Gasteiger partial charge in [0, 0.05) is 18.6 Å². The molecule has 0 aromatic heterocycles. The van der Waals surface area contributed by atoms with Crippen LogP contribution >= 0.6 is 0 Å². The van der Waals surface area contributed by atoms with Gasteiger partial charge in [0.15, 0.2) is 0 Å². The molecule has 3 unspecified atom stereocenters. The minimum Gasteiger partial charge on any atom is -0.313 e. The summed E-state index contributed by atoms with van der Waals surface area (Å²) >= 11 is 0. The predicted octanol–water partition coefficient (Wildman–Crippen LogP) is 1.37. The largest absolute Gasteiger partial charge is 0.313 e. The Morgan fingerprint density at radius 3 is 3.00 bits per heavy atom. The summed E-state index contributed by atoms with van der Waals surface area (Å²) in [6.07, 6.45) is 4.40. The monoisotopic (exact) mass is 182 g/mol. The minimum absolute atomic E-state index is 0.627. The molecular weight excluding hydrogens is 160 g/mol. The van der Waals surface area contributed by atoms with E-state index in [0.717, 1.165) is 17.9 Å². The van der Waals surface area contributed by atoms with Gasteiger partial charge in [-0.2, -0.15) is 0 Å². The van der Waals surface area contributed by atoms with Crippen LogP contribution in [0.1, 0.15) is 33.1 Å². The normalized spacial score (nSPS) is 38.5. The van der Waals surface area contributed by atoms with Gasteiger partial charge in [-0.05, 0) is 31.2 Å². The van der Waals surface area contributed by atoms with Crippen molar-refractivity contribution >= 4 is 0 Å². The molecule has 2 fully saturated rings. The molecular formula is C11H22N2. The van der Waals surface area contributed by atoms with Crippen molar-refractivity contribution in [3.8, 4) is 0 Å². The lowest BCUT2D eigenvalue weighted by atomic mass is 9.94. The number of fused-ring (bicyclic) bond motifs is 1. The quantitative estimate of drug-likeness (QED) is 0.689. The summed E-state index contributed by atoms with van der Waals surface area (Å²) in [5.74, 6) is 1.98. The lowest BCUT2D eigenvalue weighted by Gasteiger charge is -2.20. The van der Waals surface area contributed by atoms with E-state index in [9.17, 15) is 0 Å². The Morgan fingerprint density at radius 1 is 1.38 bits per heavy atom. The topological polar surface area (TPSA) is 24.1 Å². The van der Waals surface area contributed by atoms with Gasteiger partial charge < -0.3 is 10.6 Å². The van der Waals surface area contributed by atoms with Crippen molar-refractivity contribution in [2.45, 2.75) is 45.2 Å². The van der Waals surface area contributed by atoms with E-state index in [1.54, 1.807) is 0 Å². The minimum atomic E-state index is 0.627. The van der Waals surface area contributed by atoms with E-state index in [1.807, 2.05) is 0 Å². The first-order chi connectivity index (χ1) is 6.27. The Hall–Kier alpha value is -0.0800. The highest BCUT2D eigenvalue weighted by Gasteiger charge is 2.38. The van der Waals surface area contributed by atoms with E-state index in [1.165, 1.54) is 32.4 Å². The molecule has 2 rings (SSSR count). The molecule has 76 valence electrons. The molecule has 2 heteroatoms. The molecule has 0 bridgehead atoms. The van der Waals surface area contributed by atoms with Crippen LogP contribution in [0.25, 0.3) is 0 Å². The average Bonchev–Trinajstić information content (AvgIpc) is 2.60. The van der Waals surface area contributed by atoms with Gasteiger partial charge in [0.25, 0.3) is 0 Å². The van der Waals surface area contributed by atoms with Crippen molar-refractivity contribution in [2.75, 3.05) is 13.1 Å². The van der Waals surface area contributed by atoms with Crippen molar-refractivity contribution in [1.29, 1.82) is 0 Å². The smallest absolute Gasteiger partial charge is 0.0224 e. The van der Waals surface area contributed by atoms with Crippen LogP contribution in [0, 0.1) is 11.8 Å². The third-order valence-electron chi connectivity index (χ3n) is 3.62. The molecule has 2 N–H and O–H groups in total. The fraction of sp³-hybridized carbons (Fsp3) is 1.00. The summed E-state index contributed by atoms with van der Waals surface area (Å²) in [4.78, 5) is 0. The zero-order valence-electron chi connectivity index (χ0n) is 8.84. The second kappa shape index (κ2) is 3.97. The fourth-order valence-corrected chi connectivity index (χ4v) is 2.89. The Kier molecular flexibility index (Phi) is 2.89. The van der Waals surface area contributed by atoms with Crippen LogP contribution in [-0.2, 0) is 0 Å². The Morgan fingerprint density at radius 2 is 2.23 bits per heavy atom. The summed E-state index contributed by atoms with van der Waals surface area (Å²) in [6.45, 7) is 6.89. The summed E-state index contributed by atoms with van der Waals surface area (Å²) in [7, 11) is 0. The van der Waals surface area contributed by atoms with E-state index in [0.29, 0.717) is 6.04 Å². The van der Waals surface area contributed by atoms with Crippen molar-refractivity contribution in [3.63, 3.8) is 0 Å². The molecule has 0 aromatic carbocycles. The van der Waals surface area contributed by atoms with Crippen LogP contribution in [0.2, 0.25) is 0 Å². The van der Waals surface area contributed by atoms with E-state index < -0.39 is 0 Å². The number of hydrogen-bond donors (Lipinski definition) is 2. The van der Waals surface area contributed by atoms with Gasteiger partial charge in [-0.15, -0.1) is 0 Å². The Balaban J connectivity index is 1.80. The highest BCUT2D eigenvalue weighted by molar-refractivity contribution is 4.95. The van der Waals surface area contributed by atoms with Gasteiger partial charge in [-0.3, -0.25) is 0 Å². The number of rotatable bonds is 3. The molecule has 0 amide bonds. The highest BCUT2D eigenvalue weighted by atomic mass is 15.0. The van der Waals surface area contributed by atoms with Crippen LogP contribution < -0.4 is 10.6 Å². The maximum atomic E-state index is 3.65. The van der Waals surface area contributed by atoms with Crippen LogP contribution in [0.15, 0.2) is 0 Å². The van der Waals surface area contributed by atoms with Gasteiger partial charge >= 0.3 is 0 Å². The maximum absolute atomic E-state index is 3.65. The van der Waals surface area contributed by atoms with Gasteiger partial charge in [-0.1, -0.05) is 20.3 Å². The van der Waals surface area contributed by atoms with E-state index in [4.69, 9.17) is 0 Å². The van der Waals surface area contributed by atoms with Crippen LogP contribution in [0.3, 0.4) is 0 Å². The highest BCUT2D eigenvalue weighted by Crippen LogP contribution is 2.37. The molecule has 3 atom stereocenters. The Bertz CT molecular complexity index is 167. The first-order valence-corrected chi connectivity index (χ1v) is 5.74. The summed E-state index contributed by atoms with van der Waals surface area (Å²) < 4.78 is 0. The van der Waals surface area contributed by atoms with Crippen LogP contribution in [0.4, 0.5) is 0 Å². The second-order valence-electron chi connectivity index (χ2n) is 4.93. The van der Waals surface area contributed by atoms with Crippen molar-refractivity contribution < 1.29 is 0 Å².